The lowest BCUT2D eigenvalue weighted by molar-refractivity contribution is -0.147. The molecule has 90 valence electrons. The van der Waals surface area contributed by atoms with Gasteiger partial charge in [-0.25, -0.2) is 0 Å². The van der Waals surface area contributed by atoms with Crippen LogP contribution in [0.2, 0.25) is 0 Å². The highest BCUT2D eigenvalue weighted by Gasteiger charge is 2.21. The molecule has 0 radical (unpaired) electrons. The Bertz CT molecular complexity index is 314. The van der Waals surface area contributed by atoms with Crippen LogP contribution in [0.5, 0.6) is 0 Å². The predicted molar refractivity (Wildman–Crippen MR) is 50.0 cm³/mol. The second-order valence-electron chi connectivity index (χ2n) is 2.90. The number of nitrogens with one attached hydrogen (secondary N) is 1. The van der Waals surface area contributed by atoms with Gasteiger partial charge in [-0.15, -0.1) is 0 Å². The molecule has 0 bridgehead atoms. The number of ether oxygens (including phenoxy) is 1. The van der Waals surface area contributed by atoms with Crippen LogP contribution in [0.25, 0.3) is 0 Å². The lowest BCUT2D eigenvalue weighted by atomic mass is 10.2. The van der Waals surface area contributed by atoms with Crippen molar-refractivity contribution in [3.63, 3.8) is 0 Å². The molecule has 8 heteroatoms. The number of carboxylic acid groups (broad SMARTS) is 1. The molecule has 1 atom stereocenters. The van der Waals surface area contributed by atoms with E-state index in [1.54, 1.807) is 0 Å². The summed E-state index contributed by atoms with van der Waals surface area (Å²) in [5.74, 6) is -3.71. The Kier molecular flexibility index (Phi) is 5.53. The molecule has 0 aromatic rings. The van der Waals surface area contributed by atoms with Crippen LogP contribution in [0, 0.1) is 0 Å². The molecule has 0 aromatic heterocycles. The Labute approximate surface area is 90.7 Å². The van der Waals surface area contributed by atoms with Crippen LogP contribution in [-0.4, -0.2) is 41.5 Å². The lowest BCUT2D eigenvalue weighted by Crippen LogP contribution is -2.47. The summed E-state index contributed by atoms with van der Waals surface area (Å²) in [6.07, 6.45) is -0.624. The number of esters is 1. The van der Waals surface area contributed by atoms with E-state index < -0.39 is 42.8 Å². The molecule has 0 fully saturated rings. The third kappa shape index (κ3) is 6.35. The largest absolute Gasteiger partial charge is 0.481 e. The number of hydrogen-bond acceptors (Lipinski definition) is 5. The predicted octanol–water partition coefficient (Wildman–Crippen LogP) is -2.01. The maximum absolute atomic E-state index is 11.1. The van der Waals surface area contributed by atoms with Crippen LogP contribution < -0.4 is 11.1 Å². The highest BCUT2D eigenvalue weighted by atomic mass is 16.5. The van der Waals surface area contributed by atoms with Crippen molar-refractivity contribution in [2.24, 2.45) is 5.73 Å². The molecular weight excluding hydrogens is 220 g/mol. The Balaban J connectivity index is 4.18. The molecule has 2 amide bonds. The Morgan fingerprint density at radius 3 is 2.31 bits per heavy atom. The zero-order chi connectivity index (χ0) is 12.7. The Morgan fingerprint density at radius 1 is 1.38 bits per heavy atom. The first kappa shape index (κ1) is 13.9. The molecule has 0 aliphatic heterocycles. The summed E-state index contributed by atoms with van der Waals surface area (Å²) in [4.78, 5) is 42.5. The third-order valence-corrected chi connectivity index (χ3v) is 1.46. The van der Waals surface area contributed by atoms with Crippen molar-refractivity contribution in [2.75, 3.05) is 6.61 Å². The monoisotopic (exact) mass is 232 g/mol. The van der Waals surface area contributed by atoms with Crippen LogP contribution in [0.4, 0.5) is 0 Å². The van der Waals surface area contributed by atoms with Crippen molar-refractivity contribution >= 4 is 23.8 Å². The van der Waals surface area contributed by atoms with Crippen LogP contribution in [0.3, 0.4) is 0 Å². The molecule has 0 spiro atoms. The number of primary amides is 1. The van der Waals surface area contributed by atoms with Gasteiger partial charge in [0, 0.05) is 6.92 Å². The van der Waals surface area contributed by atoms with E-state index in [9.17, 15) is 19.2 Å². The van der Waals surface area contributed by atoms with Gasteiger partial charge in [0.15, 0.2) is 6.61 Å². The zero-order valence-corrected chi connectivity index (χ0v) is 8.56. The van der Waals surface area contributed by atoms with Crippen molar-refractivity contribution in [3.8, 4) is 0 Å². The number of carbonyl (C=O) groups is 4. The fourth-order valence-corrected chi connectivity index (χ4v) is 0.801. The van der Waals surface area contributed by atoms with E-state index >= 15 is 0 Å². The summed E-state index contributed by atoms with van der Waals surface area (Å²) >= 11 is 0. The van der Waals surface area contributed by atoms with Gasteiger partial charge in [-0.2, -0.15) is 0 Å². The van der Waals surface area contributed by atoms with Crippen LogP contribution in [-0.2, 0) is 23.9 Å². The Hall–Kier alpha value is -2.12. The molecule has 0 heterocycles. The van der Waals surface area contributed by atoms with Crippen molar-refractivity contribution in [2.45, 2.75) is 19.4 Å². The van der Waals surface area contributed by atoms with E-state index in [0.717, 1.165) is 6.92 Å². The van der Waals surface area contributed by atoms with E-state index in [-0.39, 0.29) is 0 Å². The van der Waals surface area contributed by atoms with Gasteiger partial charge in [0.05, 0.1) is 6.42 Å². The fourth-order valence-electron chi connectivity index (χ4n) is 0.801. The normalized spacial score (nSPS) is 11.3. The second-order valence-corrected chi connectivity index (χ2v) is 2.90. The molecule has 16 heavy (non-hydrogen) atoms. The fraction of sp³-hybridized carbons (Fsp3) is 0.500. The number of hydrogen-bond donors (Lipinski definition) is 3. The first-order valence-electron chi connectivity index (χ1n) is 4.26. The standard InChI is InChI=1S/C8H12N2O6/c1-4(11)16-3-6(12)10-5(8(9)15)2-7(13)14/h5H,2-3H2,1H3,(H2,9,15)(H,10,12)(H,13,14)/t5-/m0/s1. The third-order valence-electron chi connectivity index (χ3n) is 1.46. The van der Waals surface area contributed by atoms with Crippen molar-refractivity contribution in [1.82, 2.24) is 5.32 Å². The van der Waals surface area contributed by atoms with Gasteiger partial charge in [-0.1, -0.05) is 0 Å². The van der Waals surface area contributed by atoms with Gasteiger partial charge in [0.2, 0.25) is 5.91 Å². The number of rotatable bonds is 6. The summed E-state index contributed by atoms with van der Waals surface area (Å²) in [5.41, 5.74) is 4.86. The quantitative estimate of drug-likeness (QED) is 0.453. The average Bonchev–Trinajstić information content (AvgIpc) is 2.12. The SMILES string of the molecule is CC(=O)OCC(=O)N[C@@H](CC(=O)O)C(N)=O. The van der Waals surface area contributed by atoms with E-state index in [4.69, 9.17) is 10.8 Å². The maximum Gasteiger partial charge on any atom is 0.305 e. The van der Waals surface area contributed by atoms with Gasteiger partial charge in [-0.3, -0.25) is 19.2 Å². The van der Waals surface area contributed by atoms with Crippen LogP contribution in [0.1, 0.15) is 13.3 Å². The number of aliphatic carboxylic acids is 1. The zero-order valence-electron chi connectivity index (χ0n) is 8.56. The second kappa shape index (κ2) is 6.38. The summed E-state index contributed by atoms with van der Waals surface area (Å²) < 4.78 is 4.34. The van der Waals surface area contributed by atoms with Crippen LogP contribution >= 0.6 is 0 Å². The topological polar surface area (TPSA) is 136 Å². The van der Waals surface area contributed by atoms with E-state index in [1.165, 1.54) is 0 Å². The molecule has 0 aliphatic carbocycles. The van der Waals surface area contributed by atoms with E-state index in [2.05, 4.69) is 4.74 Å². The van der Waals surface area contributed by atoms with Crippen molar-refractivity contribution in [3.05, 3.63) is 0 Å². The number of carboxylic acids is 1. The van der Waals surface area contributed by atoms with E-state index in [1.807, 2.05) is 5.32 Å². The van der Waals surface area contributed by atoms with E-state index in [0.29, 0.717) is 0 Å². The number of carbonyl (C=O) groups excluding carboxylic acids is 3. The minimum absolute atomic E-state index is 0.585. The molecule has 4 N–H and O–H groups in total. The van der Waals surface area contributed by atoms with Crippen molar-refractivity contribution in [1.29, 1.82) is 0 Å². The van der Waals surface area contributed by atoms with Gasteiger partial charge < -0.3 is 20.9 Å². The van der Waals surface area contributed by atoms with Gasteiger partial charge in [-0.05, 0) is 0 Å². The summed E-state index contributed by atoms with van der Waals surface area (Å²) in [6, 6.07) is -1.32. The number of nitrogens with two attached hydrogens (primary N) is 1. The lowest BCUT2D eigenvalue weighted by Gasteiger charge is -2.12. The summed E-state index contributed by atoms with van der Waals surface area (Å²) in [7, 11) is 0. The van der Waals surface area contributed by atoms with Gasteiger partial charge in [0.25, 0.3) is 5.91 Å². The van der Waals surface area contributed by atoms with Gasteiger partial charge >= 0.3 is 11.9 Å². The number of amides is 2. The first-order chi connectivity index (χ1) is 7.32. The average molecular weight is 232 g/mol. The van der Waals surface area contributed by atoms with Gasteiger partial charge in [0.1, 0.15) is 6.04 Å². The Morgan fingerprint density at radius 2 is 1.94 bits per heavy atom. The molecule has 8 nitrogen and oxygen atoms in total. The highest BCUT2D eigenvalue weighted by Crippen LogP contribution is 1.91. The first-order valence-corrected chi connectivity index (χ1v) is 4.26. The maximum atomic E-state index is 11.1. The van der Waals surface area contributed by atoms with Crippen molar-refractivity contribution < 1.29 is 29.0 Å². The minimum atomic E-state index is -1.32. The molecule has 0 unspecified atom stereocenters. The molecule has 0 aromatic carbocycles. The van der Waals surface area contributed by atoms with Crippen LogP contribution in [0.15, 0.2) is 0 Å². The minimum Gasteiger partial charge on any atom is -0.481 e. The highest BCUT2D eigenvalue weighted by molar-refractivity contribution is 5.90. The molecule has 0 aliphatic rings. The molecule has 0 rings (SSSR count). The smallest absolute Gasteiger partial charge is 0.305 e. The molecular formula is C8H12N2O6. The molecule has 0 saturated heterocycles. The summed E-state index contributed by atoms with van der Waals surface area (Å²) in [6.45, 7) is 0.523. The summed E-state index contributed by atoms with van der Waals surface area (Å²) in [5, 5.41) is 10.5. The molecule has 0 saturated carbocycles.